The molecule has 2 aromatic heterocycles. The van der Waals surface area contributed by atoms with Gasteiger partial charge in [0, 0.05) is 18.2 Å². The maximum atomic E-state index is 13.3. The molecule has 0 aliphatic carbocycles. The molecule has 0 unspecified atom stereocenters. The average Bonchev–Trinajstić information content (AvgIpc) is 3.84. The lowest BCUT2D eigenvalue weighted by Gasteiger charge is -2.19. The second-order valence-corrected chi connectivity index (χ2v) is 19.9. The molecule has 0 spiro atoms. The topological polar surface area (TPSA) is 167 Å². The summed E-state index contributed by atoms with van der Waals surface area (Å²) in [6, 6.07) is 21.9. The van der Waals surface area contributed by atoms with E-state index in [0.717, 1.165) is 11.1 Å². The standard InChI is InChI=1S/2C21H24ClN3O4S/c1-13-20(30(26,27)15-9-7-14(8-10-15)21(2,3)4)23-24-25(13)17-12-18(28-5)16(22)11-19(17)29-6;1-21(2,3)14-6-9-16(10-7-14)30(26,27)20-18(13-22)25(24-23-20)17-12-15(28-4)8-11-19(17)29-5/h7-12H,1-6H3;6-12H,13H2,1-5H3. The van der Waals surface area contributed by atoms with E-state index < -0.39 is 19.7 Å². The minimum Gasteiger partial charge on any atom is -0.497 e. The van der Waals surface area contributed by atoms with E-state index in [9.17, 15) is 16.8 Å². The summed E-state index contributed by atoms with van der Waals surface area (Å²) in [7, 11) is -1.75. The molecule has 0 radical (unpaired) electrons. The first-order valence-electron chi connectivity index (χ1n) is 18.4. The SMILES string of the molecule is COc1cc(-n2nnc(S(=O)(=O)c3ccc(C(C)(C)C)cc3)c2C)c(OC)cc1Cl.COc1ccc(OC)c(-n2nnc(S(=O)(=O)c3ccc(C(C)(C)C)cc3)c2CCl)c1. The summed E-state index contributed by atoms with van der Waals surface area (Å²) >= 11 is 12.3. The van der Waals surface area contributed by atoms with Gasteiger partial charge < -0.3 is 18.9 Å². The van der Waals surface area contributed by atoms with Gasteiger partial charge in [0.2, 0.25) is 29.7 Å². The molecule has 6 aromatic rings. The monoisotopic (exact) mass is 898 g/mol. The average molecular weight is 900 g/mol. The van der Waals surface area contributed by atoms with Gasteiger partial charge in [-0.05, 0) is 65.3 Å². The first kappa shape index (κ1) is 45.9. The first-order chi connectivity index (χ1) is 28.1. The van der Waals surface area contributed by atoms with Crippen molar-refractivity contribution >= 4 is 42.9 Å². The molecule has 320 valence electrons. The van der Waals surface area contributed by atoms with E-state index in [0.29, 0.717) is 45.1 Å². The van der Waals surface area contributed by atoms with E-state index in [2.05, 4.69) is 62.2 Å². The Morgan fingerprint density at radius 1 is 0.583 bits per heavy atom. The zero-order chi connectivity index (χ0) is 44.4. The van der Waals surface area contributed by atoms with E-state index in [1.807, 2.05) is 24.3 Å². The van der Waals surface area contributed by atoms with Crippen LogP contribution in [0.2, 0.25) is 5.02 Å². The Bertz CT molecular complexity index is 2700. The zero-order valence-electron chi connectivity index (χ0n) is 35.2. The highest BCUT2D eigenvalue weighted by Crippen LogP contribution is 2.37. The first-order valence-corrected chi connectivity index (χ1v) is 22.3. The smallest absolute Gasteiger partial charge is 0.227 e. The summed E-state index contributed by atoms with van der Waals surface area (Å²) in [5.41, 5.74) is 3.43. The molecule has 0 aliphatic heterocycles. The van der Waals surface area contributed by atoms with E-state index in [1.165, 1.54) is 37.8 Å². The van der Waals surface area contributed by atoms with Gasteiger partial charge >= 0.3 is 0 Å². The van der Waals surface area contributed by atoms with Crippen molar-refractivity contribution in [3.63, 3.8) is 0 Å². The quantitative estimate of drug-likeness (QED) is 0.114. The molecule has 0 N–H and O–H groups in total. The van der Waals surface area contributed by atoms with Crippen molar-refractivity contribution in [1.29, 1.82) is 0 Å². The van der Waals surface area contributed by atoms with Crippen LogP contribution in [0.15, 0.2) is 98.7 Å². The van der Waals surface area contributed by atoms with Crippen molar-refractivity contribution in [2.24, 2.45) is 0 Å². The van der Waals surface area contributed by atoms with Crippen LogP contribution in [0.4, 0.5) is 0 Å². The summed E-state index contributed by atoms with van der Waals surface area (Å²) in [6.45, 7) is 14.0. The Labute approximate surface area is 361 Å². The largest absolute Gasteiger partial charge is 0.497 e. The molecule has 0 saturated carbocycles. The minimum atomic E-state index is -3.92. The number of aromatic nitrogens is 6. The van der Waals surface area contributed by atoms with E-state index in [4.69, 9.17) is 42.1 Å². The number of nitrogens with zero attached hydrogens (tertiary/aromatic N) is 6. The molecule has 6 rings (SSSR count). The Kier molecular flexibility index (Phi) is 13.6. The second kappa shape index (κ2) is 17.8. The number of sulfone groups is 2. The van der Waals surface area contributed by atoms with Crippen LogP contribution in [0.1, 0.15) is 64.1 Å². The molecule has 0 fully saturated rings. The van der Waals surface area contributed by atoms with Crippen molar-refractivity contribution in [3.05, 3.63) is 106 Å². The highest BCUT2D eigenvalue weighted by molar-refractivity contribution is 7.91. The maximum absolute atomic E-state index is 13.3. The third-order valence-corrected chi connectivity index (χ3v) is 13.6. The van der Waals surface area contributed by atoms with Crippen LogP contribution in [0, 0.1) is 6.92 Å². The number of hydrogen-bond acceptors (Lipinski definition) is 12. The van der Waals surface area contributed by atoms with Crippen LogP contribution in [-0.4, -0.2) is 75.3 Å². The fourth-order valence-electron chi connectivity index (χ4n) is 6.06. The van der Waals surface area contributed by atoms with Gasteiger partial charge in [-0.3, -0.25) is 0 Å². The molecule has 0 atom stereocenters. The molecule has 14 nitrogen and oxygen atoms in total. The molecule has 0 bridgehead atoms. The molecule has 60 heavy (non-hydrogen) atoms. The summed E-state index contributed by atoms with van der Waals surface area (Å²) in [5, 5.41) is 16.1. The third kappa shape index (κ3) is 9.26. The molecular formula is C42H48Cl2N6O8S2. The second-order valence-electron chi connectivity index (χ2n) is 15.5. The van der Waals surface area contributed by atoms with E-state index >= 15 is 0 Å². The number of ether oxygens (including phenoxy) is 4. The van der Waals surface area contributed by atoms with Gasteiger partial charge in [0.1, 0.15) is 34.4 Å². The van der Waals surface area contributed by atoms with Crippen molar-refractivity contribution in [2.45, 2.75) is 85.0 Å². The Morgan fingerprint density at radius 2 is 1.05 bits per heavy atom. The molecule has 0 saturated heterocycles. The van der Waals surface area contributed by atoms with Gasteiger partial charge in [0.15, 0.2) is 0 Å². The molecule has 4 aromatic carbocycles. The van der Waals surface area contributed by atoms with Crippen molar-refractivity contribution in [3.8, 4) is 34.4 Å². The molecule has 2 heterocycles. The number of rotatable bonds is 11. The van der Waals surface area contributed by atoms with Gasteiger partial charge in [-0.25, -0.2) is 26.2 Å². The maximum Gasteiger partial charge on any atom is 0.227 e. The number of hydrogen-bond donors (Lipinski definition) is 0. The Morgan fingerprint density at radius 3 is 1.52 bits per heavy atom. The van der Waals surface area contributed by atoms with E-state index in [1.54, 1.807) is 61.5 Å². The lowest BCUT2D eigenvalue weighted by molar-refractivity contribution is 0.400. The highest BCUT2D eigenvalue weighted by Gasteiger charge is 2.30. The van der Waals surface area contributed by atoms with Crippen LogP contribution in [0.25, 0.3) is 11.4 Å². The zero-order valence-corrected chi connectivity index (χ0v) is 38.4. The summed E-state index contributed by atoms with van der Waals surface area (Å²) in [6.07, 6.45) is 0. The molecular weight excluding hydrogens is 852 g/mol. The van der Waals surface area contributed by atoms with Crippen LogP contribution >= 0.6 is 23.2 Å². The highest BCUT2D eigenvalue weighted by atomic mass is 35.5. The number of benzene rings is 4. The van der Waals surface area contributed by atoms with Crippen LogP contribution in [-0.2, 0) is 36.4 Å². The number of halogens is 2. The number of methoxy groups -OCH3 is 4. The van der Waals surface area contributed by atoms with E-state index in [-0.39, 0.29) is 42.2 Å². The van der Waals surface area contributed by atoms with Gasteiger partial charge in [-0.15, -0.1) is 21.8 Å². The fraction of sp³-hybridized carbons (Fsp3) is 0.333. The third-order valence-electron chi connectivity index (χ3n) is 9.57. The van der Waals surface area contributed by atoms with Crippen molar-refractivity contribution in [2.75, 3.05) is 28.4 Å². The predicted octanol–water partition coefficient (Wildman–Crippen LogP) is 8.53. The molecule has 18 heteroatoms. The predicted molar refractivity (Wildman–Crippen MR) is 229 cm³/mol. The van der Waals surface area contributed by atoms with Crippen molar-refractivity contribution in [1.82, 2.24) is 30.0 Å². The Balaban J connectivity index is 0.000000228. The van der Waals surface area contributed by atoms with Crippen LogP contribution < -0.4 is 18.9 Å². The fourth-order valence-corrected chi connectivity index (χ4v) is 9.28. The lowest BCUT2D eigenvalue weighted by Crippen LogP contribution is -2.12. The molecule has 0 amide bonds. The van der Waals surface area contributed by atoms with Gasteiger partial charge in [0.25, 0.3) is 0 Å². The van der Waals surface area contributed by atoms with Crippen molar-refractivity contribution < 1.29 is 35.8 Å². The van der Waals surface area contributed by atoms with Gasteiger partial charge in [-0.2, -0.15) is 0 Å². The minimum absolute atomic E-state index is 0.0778. The van der Waals surface area contributed by atoms with Crippen LogP contribution in [0.3, 0.4) is 0 Å². The Hall–Kier alpha value is -5.16. The summed E-state index contributed by atoms with van der Waals surface area (Å²) < 4.78 is 77.0. The van der Waals surface area contributed by atoms with Gasteiger partial charge in [0.05, 0.1) is 60.5 Å². The summed E-state index contributed by atoms with van der Waals surface area (Å²) in [5.74, 6) is 1.74. The lowest BCUT2D eigenvalue weighted by atomic mass is 9.87. The van der Waals surface area contributed by atoms with Crippen LogP contribution in [0.5, 0.6) is 23.0 Å². The molecule has 0 aliphatic rings. The summed E-state index contributed by atoms with van der Waals surface area (Å²) in [4.78, 5) is 0.290. The number of alkyl halides is 1. The van der Waals surface area contributed by atoms with Gasteiger partial charge in [-0.1, -0.05) is 87.8 Å². The normalized spacial score (nSPS) is 12.1.